The number of aliphatic hydroxyl groups is 5. The maximum absolute atomic E-state index is 10.6. The van der Waals surface area contributed by atoms with Gasteiger partial charge in [-0.15, -0.1) is 0 Å². The van der Waals surface area contributed by atoms with Gasteiger partial charge in [0, 0.05) is 0 Å². The van der Waals surface area contributed by atoms with Gasteiger partial charge in [-0.2, -0.15) is 0 Å². The molecule has 1 unspecified atom stereocenters. The molecule has 0 spiro atoms. The molecular weight excluding hydrogens is 363 g/mol. The molecule has 1 saturated heterocycles. The van der Waals surface area contributed by atoms with Gasteiger partial charge in [-0.1, -0.05) is 0 Å². The second kappa shape index (κ2) is 7.45. The topological polar surface area (TPSA) is 165 Å². The molecule has 1 aliphatic heterocycles. The molecule has 0 aromatic heterocycles. The van der Waals surface area contributed by atoms with Gasteiger partial charge in [0.2, 0.25) is 0 Å². The number of aliphatic hydroxyl groups excluding tert-OH is 5. The van der Waals surface area contributed by atoms with Gasteiger partial charge in [-0.05, 0) is 0 Å². The van der Waals surface area contributed by atoms with E-state index in [2.05, 4.69) is 4.18 Å². The van der Waals surface area contributed by atoms with Crippen LogP contribution in [0.5, 0.6) is 0 Å². The Morgan fingerprint density at radius 1 is 1.20 bits per heavy atom. The van der Waals surface area contributed by atoms with E-state index < -0.39 is 61.4 Å². The summed E-state index contributed by atoms with van der Waals surface area (Å²) < 4.78 is 33.8. The molecule has 0 aromatic rings. The molecule has 1 fully saturated rings. The Balaban J connectivity index is 2.58. The van der Waals surface area contributed by atoms with Crippen molar-refractivity contribution in [3.8, 4) is 0 Å². The van der Waals surface area contributed by atoms with Crippen molar-refractivity contribution in [2.75, 3.05) is 6.61 Å². The quantitative estimate of drug-likeness (QED) is 0.209. The van der Waals surface area contributed by atoms with Crippen molar-refractivity contribution in [2.24, 2.45) is 0 Å². The van der Waals surface area contributed by atoms with E-state index in [1.165, 1.54) is 0 Å². The number of rotatable bonds is 6. The van der Waals surface area contributed by atoms with Crippen LogP contribution in [0.25, 0.3) is 0 Å². The van der Waals surface area contributed by atoms with Gasteiger partial charge in [0.1, 0.15) is 0 Å². The fourth-order valence-corrected chi connectivity index (χ4v) is 7.54. The third-order valence-corrected chi connectivity index (χ3v) is 8.47. The molecule has 0 aliphatic carbocycles. The van der Waals surface area contributed by atoms with Crippen LogP contribution in [-0.2, 0) is 14.6 Å². The van der Waals surface area contributed by atoms with E-state index in [9.17, 15) is 28.8 Å². The first kappa shape index (κ1) is 18.2. The Hall–Kier alpha value is 0.189. The zero-order valence-electron chi connectivity index (χ0n) is 10.4. The third-order valence-electron chi connectivity index (χ3n) is 2.86. The Kier molecular flexibility index (Phi) is 6.80. The monoisotopic (exact) mass is 383 g/mol. The summed E-state index contributed by atoms with van der Waals surface area (Å²) in [7, 11) is -4.80. The van der Waals surface area contributed by atoms with Gasteiger partial charge in [-0.25, -0.2) is 0 Å². The number of hydrogen-bond donors (Lipinski definition) is 6. The predicted molar refractivity (Wildman–Crippen MR) is 67.7 cm³/mol. The van der Waals surface area contributed by atoms with E-state index in [1.807, 2.05) is 0 Å². The summed E-state index contributed by atoms with van der Waals surface area (Å²) in [5.74, 6) is 0. The summed E-state index contributed by atoms with van der Waals surface area (Å²) in [6.45, 7) is -0.812. The minimum atomic E-state index is -4.80. The molecule has 0 aromatic carbocycles. The van der Waals surface area contributed by atoms with E-state index in [0.717, 1.165) is 0 Å². The molecule has 1 aliphatic rings. The second-order valence-electron chi connectivity index (χ2n) is 4.55. The Labute approximate surface area is 120 Å². The van der Waals surface area contributed by atoms with Crippen molar-refractivity contribution >= 4 is 24.3 Å². The molecule has 1 radical (unpaired) electrons. The standard InChI is InChI=1S/C9H19O9SSe/c10-1-8(18-19(15,16)17)5(11)2-20-3-6(12)9(14)7(13)4-20/h5-14H,1-4H2,(H,15,16,17)/t5-,6-,7+,8+,9?/m0/s1. The van der Waals surface area contributed by atoms with Gasteiger partial charge in [-0.3, -0.25) is 0 Å². The maximum atomic E-state index is 10.6. The van der Waals surface area contributed by atoms with Crippen molar-refractivity contribution in [1.29, 1.82) is 0 Å². The van der Waals surface area contributed by atoms with Gasteiger partial charge in [0.25, 0.3) is 0 Å². The average molecular weight is 382 g/mol. The summed E-state index contributed by atoms with van der Waals surface area (Å²) in [6.07, 6.45) is -6.27. The summed E-state index contributed by atoms with van der Waals surface area (Å²) in [5.41, 5.74) is 0. The van der Waals surface area contributed by atoms with E-state index in [4.69, 9.17) is 9.66 Å². The van der Waals surface area contributed by atoms with Crippen LogP contribution in [-0.4, -0.2) is 89.5 Å². The SMILES string of the molecule is O=S(=O)(O)O[C@H](CO)[C@@H](O)C[Se]1C[C@@H](O)C(O)[C@@H](O)C1. The average Bonchev–Trinajstić information content (AvgIpc) is 2.31. The van der Waals surface area contributed by atoms with Crippen molar-refractivity contribution in [2.45, 2.75) is 46.5 Å². The zero-order chi connectivity index (χ0) is 15.5. The molecule has 20 heavy (non-hydrogen) atoms. The predicted octanol–water partition coefficient (Wildman–Crippen LogP) is -2.88. The molecule has 0 bridgehead atoms. The summed E-state index contributed by atoms with van der Waals surface area (Å²) in [5, 5.41) is 47.7. The molecule has 5 atom stereocenters. The molecular formula is C9H19O9SSe. The normalized spacial score (nSPS) is 32.0. The summed E-state index contributed by atoms with van der Waals surface area (Å²) in [4.78, 5) is 0. The van der Waals surface area contributed by atoms with E-state index in [0.29, 0.717) is 0 Å². The van der Waals surface area contributed by atoms with Crippen LogP contribution in [0.4, 0.5) is 0 Å². The van der Waals surface area contributed by atoms with Crippen molar-refractivity contribution in [1.82, 2.24) is 0 Å². The molecule has 0 saturated carbocycles. The van der Waals surface area contributed by atoms with Gasteiger partial charge in [0.05, 0.1) is 0 Å². The van der Waals surface area contributed by atoms with Crippen LogP contribution in [0.2, 0.25) is 16.0 Å². The molecule has 0 amide bonds. The van der Waals surface area contributed by atoms with Crippen LogP contribution in [0, 0.1) is 0 Å². The Morgan fingerprint density at radius 2 is 1.70 bits per heavy atom. The first-order valence-corrected chi connectivity index (χ1v) is 10.8. The van der Waals surface area contributed by atoms with Crippen molar-refractivity contribution in [3.63, 3.8) is 0 Å². The molecule has 11 heteroatoms. The van der Waals surface area contributed by atoms with E-state index in [-0.39, 0.29) is 16.0 Å². The van der Waals surface area contributed by atoms with Crippen molar-refractivity contribution in [3.05, 3.63) is 0 Å². The summed E-state index contributed by atoms with van der Waals surface area (Å²) >= 11 is -1.71. The fraction of sp³-hybridized carbons (Fsp3) is 1.00. The molecule has 6 N–H and O–H groups in total. The molecule has 9 nitrogen and oxygen atoms in total. The minimum absolute atomic E-state index is 0.0571. The van der Waals surface area contributed by atoms with Crippen LogP contribution < -0.4 is 0 Å². The third kappa shape index (κ3) is 5.52. The molecule has 1 rings (SSSR count). The first-order valence-electron chi connectivity index (χ1n) is 5.77. The second-order valence-corrected chi connectivity index (χ2v) is 10.3. The van der Waals surface area contributed by atoms with Crippen LogP contribution in [0.3, 0.4) is 0 Å². The van der Waals surface area contributed by atoms with Crippen LogP contribution in [0.15, 0.2) is 0 Å². The van der Waals surface area contributed by atoms with Crippen LogP contribution in [0.1, 0.15) is 0 Å². The Bertz CT molecular complexity index is 390. The summed E-state index contributed by atoms with van der Waals surface area (Å²) in [6, 6.07) is 0. The van der Waals surface area contributed by atoms with Crippen LogP contribution >= 0.6 is 0 Å². The number of hydrogen-bond acceptors (Lipinski definition) is 8. The van der Waals surface area contributed by atoms with Crippen molar-refractivity contribution < 1.29 is 42.7 Å². The van der Waals surface area contributed by atoms with Gasteiger partial charge >= 0.3 is 120 Å². The molecule has 1 heterocycles. The fourth-order valence-electron chi connectivity index (χ4n) is 1.86. The van der Waals surface area contributed by atoms with E-state index in [1.54, 1.807) is 0 Å². The van der Waals surface area contributed by atoms with E-state index >= 15 is 0 Å². The van der Waals surface area contributed by atoms with Gasteiger partial charge in [0.15, 0.2) is 0 Å². The Morgan fingerprint density at radius 3 is 2.10 bits per heavy atom. The van der Waals surface area contributed by atoms with Gasteiger partial charge < -0.3 is 0 Å². The molecule has 121 valence electrons. The first-order chi connectivity index (χ1) is 9.14. The zero-order valence-corrected chi connectivity index (χ0v) is 13.0.